The number of aromatic nitrogens is 1. The molecule has 0 aliphatic heterocycles. The van der Waals surface area contributed by atoms with Gasteiger partial charge in [-0.1, -0.05) is 11.6 Å². The molecule has 0 unspecified atom stereocenters. The highest BCUT2D eigenvalue weighted by Crippen LogP contribution is 2.28. The van der Waals surface area contributed by atoms with Gasteiger partial charge in [0, 0.05) is 12.7 Å². The Labute approximate surface area is 116 Å². The molecule has 19 heavy (non-hydrogen) atoms. The maximum Gasteiger partial charge on any atom is 0.306 e. The Morgan fingerprint density at radius 2 is 2.05 bits per heavy atom. The van der Waals surface area contributed by atoms with Crippen LogP contribution in [0.5, 0.6) is 0 Å². The highest BCUT2D eigenvalue weighted by molar-refractivity contribution is 6.30. The third-order valence-electron chi connectivity index (χ3n) is 3.64. The van der Waals surface area contributed by atoms with Gasteiger partial charge in [0.1, 0.15) is 5.69 Å². The Hall–Kier alpha value is -1.49. The molecule has 1 heterocycles. The number of H-pyrrole nitrogens is 1. The highest BCUT2D eigenvalue weighted by Gasteiger charge is 2.26. The van der Waals surface area contributed by atoms with Crippen LogP contribution in [-0.4, -0.2) is 28.5 Å². The zero-order chi connectivity index (χ0) is 13.8. The second-order valence-corrected chi connectivity index (χ2v) is 5.43. The monoisotopic (exact) mass is 284 g/mol. The Morgan fingerprint density at radius 1 is 1.37 bits per heavy atom. The van der Waals surface area contributed by atoms with Crippen molar-refractivity contribution in [3.63, 3.8) is 0 Å². The second kappa shape index (κ2) is 6.10. The van der Waals surface area contributed by atoms with Gasteiger partial charge in [-0.25, -0.2) is 0 Å². The minimum atomic E-state index is -0.705. The van der Waals surface area contributed by atoms with Crippen LogP contribution in [-0.2, 0) is 4.79 Å². The average Bonchev–Trinajstić information content (AvgIpc) is 2.83. The number of hydrogen-bond donors (Lipinski definition) is 3. The first-order chi connectivity index (χ1) is 9.06. The third-order valence-corrected chi connectivity index (χ3v) is 3.86. The van der Waals surface area contributed by atoms with Gasteiger partial charge in [-0.2, -0.15) is 0 Å². The van der Waals surface area contributed by atoms with Crippen molar-refractivity contribution in [3.05, 3.63) is 23.0 Å². The predicted octanol–water partition coefficient (Wildman–Crippen LogP) is 2.29. The Balaban J connectivity index is 1.75. The van der Waals surface area contributed by atoms with Gasteiger partial charge in [0.25, 0.3) is 5.91 Å². The topological polar surface area (TPSA) is 82.2 Å². The van der Waals surface area contributed by atoms with Crippen LogP contribution < -0.4 is 5.32 Å². The summed E-state index contributed by atoms with van der Waals surface area (Å²) in [6.07, 6.45) is 4.66. The summed E-state index contributed by atoms with van der Waals surface area (Å²) in [5, 5.41) is 12.3. The normalized spacial score (nSPS) is 23.0. The number of carboxylic acid groups (broad SMARTS) is 1. The fraction of sp³-hybridized carbons (Fsp3) is 0.538. The molecule has 5 nitrogen and oxygen atoms in total. The molecule has 6 heteroatoms. The summed E-state index contributed by atoms with van der Waals surface area (Å²) in [6.45, 7) is 0.585. The van der Waals surface area contributed by atoms with Crippen molar-refractivity contribution in [2.45, 2.75) is 25.7 Å². The Bertz CT molecular complexity index is 464. The molecule has 1 fully saturated rings. The van der Waals surface area contributed by atoms with Crippen LogP contribution in [0.2, 0.25) is 5.02 Å². The van der Waals surface area contributed by atoms with Crippen LogP contribution in [0.25, 0.3) is 0 Å². The Kier molecular flexibility index (Phi) is 4.47. The van der Waals surface area contributed by atoms with E-state index in [1.54, 1.807) is 12.3 Å². The van der Waals surface area contributed by atoms with E-state index in [1.807, 2.05) is 0 Å². The minimum absolute atomic E-state index is 0.174. The van der Waals surface area contributed by atoms with Crippen LogP contribution in [0, 0.1) is 11.8 Å². The van der Waals surface area contributed by atoms with E-state index in [2.05, 4.69) is 10.3 Å². The van der Waals surface area contributed by atoms with E-state index < -0.39 is 5.97 Å². The molecule has 1 saturated carbocycles. The molecule has 0 spiro atoms. The van der Waals surface area contributed by atoms with Gasteiger partial charge in [0.15, 0.2) is 0 Å². The van der Waals surface area contributed by atoms with E-state index in [0.717, 1.165) is 12.8 Å². The number of carboxylic acids is 1. The van der Waals surface area contributed by atoms with Crippen molar-refractivity contribution in [1.29, 1.82) is 0 Å². The second-order valence-electron chi connectivity index (χ2n) is 5.00. The van der Waals surface area contributed by atoms with Crippen LogP contribution in [0.4, 0.5) is 0 Å². The smallest absolute Gasteiger partial charge is 0.306 e. The number of nitrogens with one attached hydrogen (secondary N) is 2. The number of carbonyl (C=O) groups is 2. The molecule has 1 aliphatic carbocycles. The number of aromatic amines is 1. The summed E-state index contributed by atoms with van der Waals surface area (Å²) < 4.78 is 0. The van der Waals surface area contributed by atoms with Gasteiger partial charge >= 0.3 is 5.97 Å². The number of carbonyl (C=O) groups excluding carboxylic acids is 1. The van der Waals surface area contributed by atoms with Crippen molar-refractivity contribution < 1.29 is 14.7 Å². The van der Waals surface area contributed by atoms with Crippen molar-refractivity contribution in [2.75, 3.05) is 6.54 Å². The molecule has 0 aromatic carbocycles. The van der Waals surface area contributed by atoms with E-state index in [0.29, 0.717) is 36.0 Å². The molecular weight excluding hydrogens is 268 g/mol. The summed E-state index contributed by atoms with van der Waals surface area (Å²) in [7, 11) is 0. The maximum absolute atomic E-state index is 11.8. The third kappa shape index (κ3) is 3.73. The standard InChI is InChI=1S/C13H17ClN2O3/c14-10-5-11(15-7-10)12(17)16-6-8-1-3-9(4-2-8)13(18)19/h5,7-9,15H,1-4,6H2,(H,16,17)(H,18,19). The largest absolute Gasteiger partial charge is 0.481 e. The van der Waals surface area contributed by atoms with Gasteiger partial charge < -0.3 is 15.4 Å². The van der Waals surface area contributed by atoms with Crippen molar-refractivity contribution >= 4 is 23.5 Å². The molecule has 0 atom stereocenters. The van der Waals surface area contributed by atoms with Gasteiger partial charge in [-0.3, -0.25) is 9.59 Å². The molecule has 3 N–H and O–H groups in total. The molecule has 0 saturated heterocycles. The summed E-state index contributed by atoms with van der Waals surface area (Å²) in [6, 6.07) is 1.58. The molecule has 0 radical (unpaired) electrons. The fourth-order valence-corrected chi connectivity index (χ4v) is 2.61. The van der Waals surface area contributed by atoms with Crippen LogP contribution in [0.1, 0.15) is 36.2 Å². The minimum Gasteiger partial charge on any atom is -0.481 e. The number of aliphatic carboxylic acids is 1. The SMILES string of the molecule is O=C(NCC1CCC(C(=O)O)CC1)c1cc(Cl)c[nH]1. The molecule has 2 rings (SSSR count). The molecule has 0 bridgehead atoms. The molecule has 1 aromatic rings. The van der Waals surface area contributed by atoms with Crippen LogP contribution >= 0.6 is 11.6 Å². The van der Waals surface area contributed by atoms with Gasteiger partial charge in [-0.15, -0.1) is 0 Å². The summed E-state index contributed by atoms with van der Waals surface area (Å²) in [4.78, 5) is 25.4. The molecule has 1 amide bonds. The van der Waals surface area contributed by atoms with Gasteiger partial charge in [0.05, 0.1) is 10.9 Å². The highest BCUT2D eigenvalue weighted by atomic mass is 35.5. The molecule has 1 aliphatic rings. The first-order valence-corrected chi connectivity index (χ1v) is 6.79. The first kappa shape index (κ1) is 13.9. The van der Waals surface area contributed by atoms with E-state index in [9.17, 15) is 9.59 Å². The predicted molar refractivity (Wildman–Crippen MR) is 71.2 cm³/mol. The lowest BCUT2D eigenvalue weighted by molar-refractivity contribution is -0.143. The van der Waals surface area contributed by atoms with Crippen LogP contribution in [0.15, 0.2) is 12.3 Å². The first-order valence-electron chi connectivity index (χ1n) is 6.41. The van der Waals surface area contributed by atoms with Crippen molar-refractivity contribution in [1.82, 2.24) is 10.3 Å². The van der Waals surface area contributed by atoms with E-state index in [1.165, 1.54) is 0 Å². The molecular formula is C13H17ClN2O3. The molecule has 104 valence electrons. The van der Waals surface area contributed by atoms with Gasteiger partial charge in [0.2, 0.25) is 0 Å². The summed E-state index contributed by atoms with van der Waals surface area (Å²) in [5.41, 5.74) is 0.448. The van der Waals surface area contributed by atoms with Crippen LogP contribution in [0.3, 0.4) is 0 Å². The number of amides is 1. The van der Waals surface area contributed by atoms with E-state index in [4.69, 9.17) is 16.7 Å². The zero-order valence-electron chi connectivity index (χ0n) is 10.5. The quantitative estimate of drug-likeness (QED) is 0.793. The van der Waals surface area contributed by atoms with E-state index >= 15 is 0 Å². The number of rotatable bonds is 4. The van der Waals surface area contributed by atoms with Crippen molar-refractivity contribution in [3.8, 4) is 0 Å². The lowest BCUT2D eigenvalue weighted by Gasteiger charge is -2.26. The number of hydrogen-bond acceptors (Lipinski definition) is 2. The van der Waals surface area contributed by atoms with Crippen molar-refractivity contribution in [2.24, 2.45) is 11.8 Å². The summed E-state index contributed by atoms with van der Waals surface area (Å²) in [5.74, 6) is -0.727. The zero-order valence-corrected chi connectivity index (χ0v) is 11.2. The lowest BCUT2D eigenvalue weighted by atomic mass is 9.82. The summed E-state index contributed by atoms with van der Waals surface area (Å²) >= 11 is 5.73. The lowest BCUT2D eigenvalue weighted by Crippen LogP contribution is -2.32. The Morgan fingerprint density at radius 3 is 2.58 bits per heavy atom. The van der Waals surface area contributed by atoms with Gasteiger partial charge in [-0.05, 0) is 37.7 Å². The molecule has 1 aromatic heterocycles. The van der Waals surface area contributed by atoms with E-state index in [-0.39, 0.29) is 11.8 Å². The number of halogens is 1. The average molecular weight is 285 g/mol. The fourth-order valence-electron chi connectivity index (χ4n) is 2.44. The maximum atomic E-state index is 11.8.